The highest BCUT2D eigenvalue weighted by molar-refractivity contribution is 7.90. The summed E-state index contributed by atoms with van der Waals surface area (Å²) in [7, 11) is -2.55. The van der Waals surface area contributed by atoms with Gasteiger partial charge in [-0.2, -0.15) is 0 Å². The predicted molar refractivity (Wildman–Crippen MR) is 69.1 cm³/mol. The summed E-state index contributed by atoms with van der Waals surface area (Å²) in [5, 5.41) is 8.58. The molecule has 1 unspecified atom stereocenters. The van der Waals surface area contributed by atoms with Crippen molar-refractivity contribution in [2.24, 2.45) is 5.92 Å². The van der Waals surface area contributed by atoms with Crippen LogP contribution in [0.3, 0.4) is 0 Å². The first kappa shape index (κ1) is 17.8. The molecule has 0 aliphatic rings. The Hall–Kier alpha value is -1.15. The lowest BCUT2D eigenvalue weighted by Gasteiger charge is -2.13. The number of aliphatic carboxylic acids is 1. The highest BCUT2D eigenvalue weighted by atomic mass is 32.2. The van der Waals surface area contributed by atoms with Crippen molar-refractivity contribution in [3.05, 3.63) is 0 Å². The van der Waals surface area contributed by atoms with Crippen LogP contribution >= 0.6 is 0 Å². The Morgan fingerprint density at radius 3 is 2.42 bits per heavy atom. The van der Waals surface area contributed by atoms with Crippen molar-refractivity contribution in [3.8, 4) is 0 Å². The van der Waals surface area contributed by atoms with Crippen molar-refractivity contribution in [3.63, 3.8) is 0 Å². The molecular weight excluding hydrogens is 274 g/mol. The molecule has 2 N–H and O–H groups in total. The lowest BCUT2D eigenvalue weighted by molar-refractivity contribution is -0.138. The van der Waals surface area contributed by atoms with Crippen molar-refractivity contribution in [2.75, 3.05) is 19.4 Å². The summed E-state index contributed by atoms with van der Waals surface area (Å²) >= 11 is 0. The van der Waals surface area contributed by atoms with Gasteiger partial charge in [0.15, 0.2) is 5.75 Å². The fourth-order valence-electron chi connectivity index (χ4n) is 1.56. The highest BCUT2D eigenvalue weighted by Crippen LogP contribution is 2.14. The average Bonchev–Trinajstić information content (AvgIpc) is 2.32. The molecule has 1 atom stereocenters. The average molecular weight is 295 g/mol. The van der Waals surface area contributed by atoms with Crippen LogP contribution in [0.15, 0.2) is 0 Å². The largest absolute Gasteiger partial charge is 0.481 e. The maximum atomic E-state index is 11.4. The van der Waals surface area contributed by atoms with Gasteiger partial charge in [0.05, 0.1) is 7.11 Å². The quantitative estimate of drug-likeness (QED) is 0.563. The van der Waals surface area contributed by atoms with Crippen LogP contribution in [0.4, 0.5) is 0 Å². The van der Waals surface area contributed by atoms with E-state index in [4.69, 9.17) is 5.11 Å². The summed E-state index contributed by atoms with van der Waals surface area (Å²) in [4.78, 5) is 21.3. The minimum atomic E-state index is -3.67. The lowest BCUT2D eigenvalue weighted by Crippen LogP contribution is -2.32. The van der Waals surface area contributed by atoms with Crippen LogP contribution in [0, 0.1) is 5.92 Å². The molecule has 0 saturated heterocycles. The zero-order valence-electron chi connectivity index (χ0n) is 11.2. The number of carbonyl (C=O) groups is 2. The summed E-state index contributed by atoms with van der Waals surface area (Å²) in [5.74, 6) is -2.22. The van der Waals surface area contributed by atoms with Crippen molar-refractivity contribution in [1.29, 1.82) is 0 Å². The Bertz CT molecular complexity index is 392. The maximum absolute atomic E-state index is 11.4. The van der Waals surface area contributed by atoms with E-state index in [0.717, 1.165) is 13.5 Å². The lowest BCUT2D eigenvalue weighted by atomic mass is 9.97. The Balaban J connectivity index is 4.04. The molecule has 0 rings (SSSR count). The van der Waals surface area contributed by atoms with E-state index in [-0.39, 0.29) is 18.9 Å². The van der Waals surface area contributed by atoms with E-state index in [1.54, 1.807) is 0 Å². The molecule has 112 valence electrons. The number of hydrogen-bond acceptors (Lipinski definition) is 5. The normalized spacial score (nSPS) is 12.9. The van der Waals surface area contributed by atoms with E-state index in [1.807, 2.05) is 6.92 Å². The van der Waals surface area contributed by atoms with Crippen molar-refractivity contribution in [1.82, 2.24) is 4.72 Å². The number of sulfonamides is 1. The van der Waals surface area contributed by atoms with Gasteiger partial charge in [-0.3, -0.25) is 9.59 Å². The molecule has 8 heteroatoms. The number of carboxylic acids is 1. The number of rotatable bonds is 10. The first-order chi connectivity index (χ1) is 8.80. The fraction of sp³-hybridized carbons (Fsp3) is 0.818. The standard InChI is InChI=1S/C11H21NO6S/c1-3-9(4-5-10(13)14)6-7-12-19(16,17)8-11(15)18-2/h9,12H,3-8H2,1-2H3,(H,13,14). The van der Waals surface area contributed by atoms with E-state index < -0.39 is 27.7 Å². The third-order valence-corrected chi connectivity index (χ3v) is 4.01. The fourth-order valence-corrected chi connectivity index (χ4v) is 2.52. The second-order valence-electron chi connectivity index (χ2n) is 4.22. The summed E-state index contributed by atoms with van der Waals surface area (Å²) in [6.45, 7) is 2.12. The Morgan fingerprint density at radius 1 is 1.32 bits per heavy atom. The Labute approximate surface area is 113 Å². The molecule has 0 aromatic heterocycles. The molecule has 0 bridgehead atoms. The highest BCUT2D eigenvalue weighted by Gasteiger charge is 2.17. The molecule has 0 aliphatic carbocycles. The monoisotopic (exact) mass is 295 g/mol. The van der Waals surface area contributed by atoms with Gasteiger partial charge in [0.25, 0.3) is 0 Å². The van der Waals surface area contributed by atoms with Crippen LogP contribution in [0.25, 0.3) is 0 Å². The molecule has 0 heterocycles. The summed E-state index contributed by atoms with van der Waals surface area (Å²) in [6.07, 6.45) is 1.92. The molecule has 0 radical (unpaired) electrons. The van der Waals surface area contributed by atoms with Gasteiger partial charge in [-0.1, -0.05) is 13.3 Å². The van der Waals surface area contributed by atoms with E-state index >= 15 is 0 Å². The third kappa shape index (κ3) is 9.43. The number of carbonyl (C=O) groups excluding carboxylic acids is 1. The first-order valence-corrected chi connectivity index (χ1v) is 7.72. The molecular formula is C11H21NO6S. The van der Waals surface area contributed by atoms with Gasteiger partial charge < -0.3 is 9.84 Å². The molecule has 0 amide bonds. The van der Waals surface area contributed by atoms with Gasteiger partial charge in [0, 0.05) is 13.0 Å². The van der Waals surface area contributed by atoms with Crippen LogP contribution < -0.4 is 4.72 Å². The molecule has 0 spiro atoms. The first-order valence-electron chi connectivity index (χ1n) is 6.06. The van der Waals surface area contributed by atoms with Crippen LogP contribution in [-0.4, -0.2) is 44.9 Å². The number of carboxylic acid groups (broad SMARTS) is 1. The molecule has 7 nitrogen and oxygen atoms in total. The summed E-state index contributed by atoms with van der Waals surface area (Å²) in [6, 6.07) is 0. The van der Waals surface area contributed by atoms with Crippen LogP contribution in [-0.2, 0) is 24.3 Å². The Morgan fingerprint density at radius 2 is 1.95 bits per heavy atom. The number of nitrogens with one attached hydrogen (secondary N) is 1. The van der Waals surface area contributed by atoms with Crippen LogP contribution in [0.5, 0.6) is 0 Å². The number of ether oxygens (including phenoxy) is 1. The Kier molecular flexibility index (Phi) is 8.33. The van der Waals surface area contributed by atoms with E-state index in [1.165, 1.54) is 0 Å². The van der Waals surface area contributed by atoms with Gasteiger partial charge in [-0.05, 0) is 18.8 Å². The zero-order valence-corrected chi connectivity index (χ0v) is 12.0. The molecule has 0 aromatic carbocycles. The predicted octanol–water partition coefficient (Wildman–Crippen LogP) is 0.360. The van der Waals surface area contributed by atoms with Crippen LogP contribution in [0.2, 0.25) is 0 Å². The van der Waals surface area contributed by atoms with Gasteiger partial charge in [-0.15, -0.1) is 0 Å². The zero-order chi connectivity index (χ0) is 14.9. The smallest absolute Gasteiger partial charge is 0.322 e. The molecule has 0 saturated carbocycles. The van der Waals surface area contributed by atoms with Crippen LogP contribution in [0.1, 0.15) is 32.6 Å². The number of methoxy groups -OCH3 is 1. The molecule has 0 aromatic rings. The van der Waals surface area contributed by atoms with Gasteiger partial charge in [0.1, 0.15) is 0 Å². The maximum Gasteiger partial charge on any atom is 0.322 e. The number of hydrogen-bond donors (Lipinski definition) is 2. The third-order valence-electron chi connectivity index (χ3n) is 2.75. The van der Waals surface area contributed by atoms with E-state index in [0.29, 0.717) is 12.8 Å². The molecule has 0 fully saturated rings. The summed E-state index contributed by atoms with van der Waals surface area (Å²) < 4.78 is 29.4. The minimum Gasteiger partial charge on any atom is -0.481 e. The minimum absolute atomic E-state index is 0.0768. The van der Waals surface area contributed by atoms with Crippen molar-refractivity contribution < 1.29 is 27.9 Å². The topological polar surface area (TPSA) is 110 Å². The van der Waals surface area contributed by atoms with E-state index in [9.17, 15) is 18.0 Å². The molecule has 19 heavy (non-hydrogen) atoms. The van der Waals surface area contributed by atoms with Gasteiger partial charge >= 0.3 is 11.9 Å². The number of esters is 1. The second-order valence-corrected chi connectivity index (χ2v) is 6.03. The van der Waals surface area contributed by atoms with Gasteiger partial charge in [-0.25, -0.2) is 13.1 Å². The summed E-state index contributed by atoms with van der Waals surface area (Å²) in [5.41, 5.74) is 0. The van der Waals surface area contributed by atoms with E-state index in [2.05, 4.69) is 9.46 Å². The SMILES string of the molecule is CCC(CCNS(=O)(=O)CC(=O)OC)CCC(=O)O. The second kappa shape index (κ2) is 8.87. The van der Waals surface area contributed by atoms with Crippen molar-refractivity contribution >= 4 is 22.0 Å². The van der Waals surface area contributed by atoms with Gasteiger partial charge in [0.2, 0.25) is 10.0 Å². The van der Waals surface area contributed by atoms with Crippen molar-refractivity contribution in [2.45, 2.75) is 32.6 Å². The molecule has 0 aliphatic heterocycles.